The van der Waals surface area contributed by atoms with Crippen LogP contribution in [0.25, 0.3) is 11.1 Å². The summed E-state index contributed by atoms with van der Waals surface area (Å²) in [7, 11) is 0. The lowest BCUT2D eigenvalue weighted by Gasteiger charge is -2.39. The van der Waals surface area contributed by atoms with Crippen LogP contribution in [0.4, 0.5) is 24.9 Å². The van der Waals surface area contributed by atoms with Crippen molar-refractivity contribution in [3.05, 3.63) is 65.7 Å². The van der Waals surface area contributed by atoms with Gasteiger partial charge in [0.2, 0.25) is 17.9 Å². The van der Waals surface area contributed by atoms with E-state index in [1.807, 2.05) is 29.2 Å². The highest BCUT2D eigenvalue weighted by Gasteiger charge is 2.45. The van der Waals surface area contributed by atoms with Gasteiger partial charge in [0.25, 0.3) is 0 Å². The summed E-state index contributed by atoms with van der Waals surface area (Å²) in [4.78, 5) is 21.5. The normalized spacial score (nSPS) is 19.6. The summed E-state index contributed by atoms with van der Waals surface area (Å²) in [5.41, 5.74) is 8.58. The molecule has 0 radical (unpaired) electrons. The van der Waals surface area contributed by atoms with Crippen molar-refractivity contribution in [2.24, 2.45) is 5.41 Å². The fraction of sp³-hybridized carbons (Fsp3) is 0.452. The number of hydrogen-bond acceptors (Lipinski definition) is 7. The molecule has 2 atom stereocenters. The second kappa shape index (κ2) is 11.1. The Balaban J connectivity index is 1.31. The number of nitrogen functional groups attached to an aromatic ring is 1. The topological polar surface area (TPSA) is 114 Å². The lowest BCUT2D eigenvalue weighted by Crippen LogP contribution is -2.41. The molecule has 2 aromatic carbocycles. The van der Waals surface area contributed by atoms with Gasteiger partial charge < -0.3 is 25.8 Å². The Hall–Kier alpha value is -3.86. The first-order valence-electron chi connectivity index (χ1n) is 14.0. The minimum atomic E-state index is -4.70. The number of carboxylic acids is 1. The number of anilines is 2. The van der Waals surface area contributed by atoms with Crippen molar-refractivity contribution in [2.45, 2.75) is 63.8 Å². The standard InChI is InChI=1S/C31H36F3N5O3/c1-29(2,3)22-10-8-20(9-11-22)19-4-6-21(7-5-19)26(31(32,33)34)42-25-16-24(37-28(35)38-25)39-14-12-30(13-15-39)17-23(27(40)41)36-18-30/h4-11,16,23,26,36H,12-15,17-18H2,1-3H3,(H,40,41)(H2,35,37,38)/t23?,26-/m1/s1. The van der Waals surface area contributed by atoms with Crippen LogP contribution in [-0.4, -0.2) is 52.9 Å². The number of hydrogen-bond donors (Lipinski definition) is 3. The van der Waals surface area contributed by atoms with E-state index in [0.29, 0.717) is 31.9 Å². The van der Waals surface area contributed by atoms with Crippen LogP contribution in [0.2, 0.25) is 0 Å². The zero-order valence-corrected chi connectivity index (χ0v) is 23.9. The molecule has 2 saturated heterocycles. The second-order valence-corrected chi connectivity index (χ2v) is 12.4. The Kier molecular flexibility index (Phi) is 7.82. The molecule has 2 fully saturated rings. The van der Waals surface area contributed by atoms with Crippen molar-refractivity contribution in [1.82, 2.24) is 15.3 Å². The van der Waals surface area contributed by atoms with Crippen LogP contribution in [0.1, 0.15) is 57.3 Å². The molecule has 1 spiro atoms. The van der Waals surface area contributed by atoms with Gasteiger partial charge >= 0.3 is 12.1 Å². The fourth-order valence-corrected chi connectivity index (χ4v) is 5.79. The predicted octanol–water partition coefficient (Wildman–Crippen LogP) is 5.74. The van der Waals surface area contributed by atoms with E-state index in [-0.39, 0.29) is 28.2 Å². The number of nitrogens with one attached hydrogen (secondary N) is 1. The molecule has 3 heterocycles. The van der Waals surface area contributed by atoms with E-state index in [1.165, 1.54) is 23.8 Å². The third kappa shape index (κ3) is 6.46. The van der Waals surface area contributed by atoms with Crippen molar-refractivity contribution < 1.29 is 27.8 Å². The molecule has 1 unspecified atom stereocenters. The summed E-state index contributed by atoms with van der Waals surface area (Å²) in [5, 5.41) is 12.4. The van der Waals surface area contributed by atoms with E-state index >= 15 is 0 Å². The summed E-state index contributed by atoms with van der Waals surface area (Å²) >= 11 is 0. The number of carbonyl (C=O) groups is 1. The van der Waals surface area contributed by atoms with Gasteiger partial charge in [-0.15, -0.1) is 0 Å². The molecule has 5 rings (SSSR count). The Morgan fingerprint density at radius 2 is 1.64 bits per heavy atom. The minimum absolute atomic E-state index is 0.000883. The first kappa shape index (κ1) is 29.6. The summed E-state index contributed by atoms with van der Waals surface area (Å²) in [6.45, 7) is 8.10. The highest BCUT2D eigenvalue weighted by Crippen LogP contribution is 2.41. The van der Waals surface area contributed by atoms with Gasteiger partial charge in [0.05, 0.1) is 0 Å². The molecule has 42 heavy (non-hydrogen) atoms. The molecule has 0 amide bonds. The van der Waals surface area contributed by atoms with Crippen molar-refractivity contribution in [3.8, 4) is 17.0 Å². The lowest BCUT2D eigenvalue weighted by molar-refractivity contribution is -0.198. The number of aliphatic carboxylic acids is 1. The van der Waals surface area contributed by atoms with Crippen LogP contribution < -0.4 is 20.7 Å². The number of nitrogens with zero attached hydrogens (tertiary/aromatic N) is 3. The van der Waals surface area contributed by atoms with Crippen LogP contribution in [0.15, 0.2) is 54.6 Å². The Morgan fingerprint density at radius 1 is 1.05 bits per heavy atom. The largest absolute Gasteiger partial charge is 0.480 e. The predicted molar refractivity (Wildman–Crippen MR) is 154 cm³/mol. The SMILES string of the molecule is CC(C)(C)c1ccc(-c2ccc([C@@H](Oc3cc(N4CCC5(CC4)CNC(C(=O)O)C5)nc(N)n3)C(F)(F)F)cc2)cc1. The molecule has 1 aromatic heterocycles. The van der Waals surface area contributed by atoms with Crippen LogP contribution in [0.3, 0.4) is 0 Å². The van der Waals surface area contributed by atoms with Gasteiger partial charge in [0.15, 0.2) is 0 Å². The van der Waals surface area contributed by atoms with Gasteiger partial charge in [0.1, 0.15) is 11.9 Å². The van der Waals surface area contributed by atoms with Crippen molar-refractivity contribution in [2.75, 3.05) is 30.3 Å². The maximum atomic E-state index is 14.2. The Bertz CT molecular complexity index is 1410. The highest BCUT2D eigenvalue weighted by atomic mass is 19.4. The summed E-state index contributed by atoms with van der Waals surface area (Å²) in [5.74, 6) is -0.937. The number of rotatable bonds is 6. The molecule has 8 nitrogen and oxygen atoms in total. The maximum absolute atomic E-state index is 14.2. The lowest BCUT2D eigenvalue weighted by atomic mass is 9.76. The summed E-state index contributed by atoms with van der Waals surface area (Å²) in [6, 6.07) is 15.0. The van der Waals surface area contributed by atoms with Gasteiger partial charge in [-0.3, -0.25) is 4.79 Å². The molecule has 0 saturated carbocycles. The van der Waals surface area contributed by atoms with Gasteiger partial charge in [-0.1, -0.05) is 69.3 Å². The molecule has 0 bridgehead atoms. The van der Waals surface area contributed by atoms with Crippen molar-refractivity contribution in [3.63, 3.8) is 0 Å². The molecule has 3 aromatic rings. The van der Waals surface area contributed by atoms with Crippen LogP contribution in [0, 0.1) is 5.41 Å². The van der Waals surface area contributed by atoms with Crippen LogP contribution in [-0.2, 0) is 10.2 Å². The summed E-state index contributed by atoms with van der Waals surface area (Å²) in [6.07, 6.45) is -4.96. The minimum Gasteiger partial charge on any atom is -0.480 e. The average molecular weight is 584 g/mol. The number of alkyl halides is 3. The number of carboxylic acid groups (broad SMARTS) is 1. The Labute approximate surface area is 243 Å². The molecular formula is C31H36F3N5O3. The van der Waals surface area contributed by atoms with Gasteiger partial charge in [-0.05, 0) is 46.8 Å². The van der Waals surface area contributed by atoms with E-state index in [4.69, 9.17) is 10.5 Å². The zero-order valence-electron chi connectivity index (χ0n) is 23.9. The van der Waals surface area contributed by atoms with E-state index in [1.54, 1.807) is 12.1 Å². The van der Waals surface area contributed by atoms with E-state index < -0.39 is 24.3 Å². The zero-order chi connectivity index (χ0) is 30.3. The first-order valence-corrected chi connectivity index (χ1v) is 14.0. The van der Waals surface area contributed by atoms with E-state index in [2.05, 4.69) is 36.1 Å². The monoisotopic (exact) mass is 583 g/mol. The van der Waals surface area contributed by atoms with Crippen LogP contribution >= 0.6 is 0 Å². The number of nitrogens with two attached hydrogens (primary N) is 1. The quantitative estimate of drug-likeness (QED) is 0.337. The smallest absolute Gasteiger partial charge is 0.429 e. The van der Waals surface area contributed by atoms with Crippen molar-refractivity contribution in [1.29, 1.82) is 0 Å². The molecule has 2 aliphatic rings. The molecule has 0 aliphatic carbocycles. The van der Waals surface area contributed by atoms with Gasteiger partial charge in [-0.25, -0.2) is 0 Å². The van der Waals surface area contributed by atoms with Crippen molar-refractivity contribution >= 4 is 17.7 Å². The fourth-order valence-electron chi connectivity index (χ4n) is 5.79. The molecular weight excluding hydrogens is 547 g/mol. The summed E-state index contributed by atoms with van der Waals surface area (Å²) < 4.78 is 48.1. The van der Waals surface area contributed by atoms with Gasteiger partial charge in [0, 0.05) is 31.3 Å². The number of benzene rings is 2. The van der Waals surface area contributed by atoms with E-state index in [9.17, 15) is 23.1 Å². The molecule has 2 aliphatic heterocycles. The number of halogens is 3. The first-order chi connectivity index (χ1) is 19.7. The Morgan fingerprint density at radius 3 is 2.17 bits per heavy atom. The molecule has 4 N–H and O–H groups in total. The van der Waals surface area contributed by atoms with E-state index in [0.717, 1.165) is 24.0 Å². The molecule has 11 heteroatoms. The maximum Gasteiger partial charge on any atom is 0.429 e. The number of aromatic nitrogens is 2. The second-order valence-electron chi connectivity index (χ2n) is 12.4. The molecule has 224 valence electrons. The average Bonchev–Trinajstić information content (AvgIpc) is 3.35. The third-order valence-electron chi connectivity index (χ3n) is 8.35. The number of ether oxygens (including phenoxy) is 1. The highest BCUT2D eigenvalue weighted by molar-refractivity contribution is 5.74. The third-order valence-corrected chi connectivity index (χ3v) is 8.35. The van der Waals surface area contributed by atoms with Crippen LogP contribution in [0.5, 0.6) is 5.88 Å². The number of piperidine rings is 1. The van der Waals surface area contributed by atoms with Gasteiger partial charge in [-0.2, -0.15) is 23.1 Å².